The van der Waals surface area contributed by atoms with Crippen molar-refractivity contribution in [3.63, 3.8) is 0 Å². The molecule has 3 N–H and O–H groups in total. The van der Waals surface area contributed by atoms with Gasteiger partial charge >= 0.3 is 5.97 Å². The fourth-order valence-corrected chi connectivity index (χ4v) is 8.75. The Labute approximate surface area is 387 Å². The lowest BCUT2D eigenvalue weighted by Crippen LogP contribution is -2.45. The molecule has 62 heavy (non-hydrogen) atoms. The van der Waals surface area contributed by atoms with Crippen molar-refractivity contribution >= 4 is 11.9 Å². The first-order valence-corrected chi connectivity index (χ1v) is 27.9. The molecular weight excluding hydrogens is 767 g/mol. The predicted molar refractivity (Wildman–Crippen MR) is 269 cm³/mol. The summed E-state index contributed by atoms with van der Waals surface area (Å²) in [6.07, 6.45) is 60.6. The molecule has 0 aromatic rings. The van der Waals surface area contributed by atoms with Gasteiger partial charge in [0.05, 0.1) is 25.4 Å². The molecule has 0 spiro atoms. The van der Waals surface area contributed by atoms with E-state index in [4.69, 9.17) is 4.74 Å². The largest absolute Gasteiger partial charge is 0.466 e. The van der Waals surface area contributed by atoms with Gasteiger partial charge in [0.25, 0.3) is 0 Å². The summed E-state index contributed by atoms with van der Waals surface area (Å²) in [5.41, 5.74) is 0. The minimum atomic E-state index is -0.669. The normalized spacial score (nSPS) is 12.6. The van der Waals surface area contributed by atoms with Crippen molar-refractivity contribution in [1.82, 2.24) is 5.32 Å². The first-order valence-electron chi connectivity index (χ1n) is 27.9. The van der Waals surface area contributed by atoms with Gasteiger partial charge in [0.2, 0.25) is 5.91 Å². The van der Waals surface area contributed by atoms with Crippen LogP contribution in [0.5, 0.6) is 0 Å². The van der Waals surface area contributed by atoms with E-state index in [1.165, 1.54) is 225 Å². The first-order chi connectivity index (χ1) is 30.5. The molecule has 0 aromatic heterocycles. The first kappa shape index (κ1) is 60.6. The van der Waals surface area contributed by atoms with Crippen LogP contribution in [0.2, 0.25) is 0 Å². The van der Waals surface area contributed by atoms with Crippen molar-refractivity contribution in [3.8, 4) is 0 Å². The second-order valence-electron chi connectivity index (χ2n) is 19.3. The molecule has 0 aromatic carbocycles. The molecular formula is C56H109NO5. The molecule has 6 heteroatoms. The molecule has 0 saturated carbocycles. The maximum atomic E-state index is 12.4. The molecule has 368 valence electrons. The van der Waals surface area contributed by atoms with Crippen LogP contribution in [0.15, 0.2) is 12.2 Å². The number of hydrogen-bond acceptors (Lipinski definition) is 5. The van der Waals surface area contributed by atoms with Crippen LogP contribution in [0.1, 0.15) is 309 Å². The lowest BCUT2D eigenvalue weighted by molar-refractivity contribution is -0.143. The number of rotatable bonds is 52. The highest BCUT2D eigenvalue weighted by atomic mass is 16.5. The standard InChI is InChI=1S/C56H109NO5/c1-3-5-7-9-11-13-15-16-17-19-23-26-30-34-38-42-46-50-56(61)62-51-47-43-39-35-31-27-24-21-18-20-22-25-29-33-37-41-45-49-55(60)57-53(52-58)54(59)48-44-40-36-32-28-14-12-10-8-6-4-2/h18,21,53-54,58-59H,3-17,19-20,22-52H2,1-2H3,(H,57,60)/b21-18-. The molecule has 1 amide bonds. The van der Waals surface area contributed by atoms with Gasteiger partial charge < -0.3 is 20.3 Å². The van der Waals surface area contributed by atoms with E-state index in [-0.39, 0.29) is 18.5 Å². The van der Waals surface area contributed by atoms with E-state index in [0.717, 1.165) is 51.4 Å². The average Bonchev–Trinajstić information content (AvgIpc) is 3.27. The molecule has 0 fully saturated rings. The Balaban J connectivity index is 3.41. The zero-order valence-electron chi connectivity index (χ0n) is 41.9. The number of carbonyl (C=O) groups is 2. The Morgan fingerprint density at radius 2 is 0.758 bits per heavy atom. The Kier molecular flexibility index (Phi) is 51.0. The highest BCUT2D eigenvalue weighted by molar-refractivity contribution is 5.76. The minimum Gasteiger partial charge on any atom is -0.466 e. The van der Waals surface area contributed by atoms with Crippen molar-refractivity contribution in [1.29, 1.82) is 0 Å². The van der Waals surface area contributed by atoms with Crippen molar-refractivity contribution in [3.05, 3.63) is 12.2 Å². The Morgan fingerprint density at radius 3 is 1.15 bits per heavy atom. The number of aliphatic hydroxyl groups is 2. The fraction of sp³-hybridized carbons (Fsp3) is 0.929. The number of carbonyl (C=O) groups excluding carboxylic acids is 2. The second-order valence-corrected chi connectivity index (χ2v) is 19.3. The summed E-state index contributed by atoms with van der Waals surface area (Å²) in [4.78, 5) is 24.5. The summed E-state index contributed by atoms with van der Waals surface area (Å²) in [5.74, 6) is -0.0448. The third-order valence-corrected chi connectivity index (χ3v) is 13.1. The SMILES string of the molecule is CCCCCCCCCCCCCCCCCCCC(=O)OCCCCCCCC/C=C\CCCCCCCCCC(=O)NC(CO)C(O)CCCCCCCCCCCCC. The monoisotopic (exact) mass is 876 g/mol. The summed E-state index contributed by atoms with van der Waals surface area (Å²) in [7, 11) is 0. The van der Waals surface area contributed by atoms with Crippen LogP contribution >= 0.6 is 0 Å². The number of amides is 1. The number of unbranched alkanes of at least 4 members (excludes halogenated alkanes) is 39. The lowest BCUT2D eigenvalue weighted by atomic mass is 10.0. The molecule has 0 aliphatic rings. The van der Waals surface area contributed by atoms with Crippen LogP contribution in [0.4, 0.5) is 0 Å². The predicted octanol–water partition coefficient (Wildman–Crippen LogP) is 16.9. The van der Waals surface area contributed by atoms with E-state index >= 15 is 0 Å². The molecule has 0 saturated heterocycles. The number of hydrogen-bond donors (Lipinski definition) is 3. The van der Waals surface area contributed by atoms with E-state index < -0.39 is 12.1 Å². The molecule has 0 heterocycles. The summed E-state index contributed by atoms with van der Waals surface area (Å²) in [5, 5.41) is 23.1. The Bertz CT molecular complexity index is 924. The number of nitrogens with one attached hydrogen (secondary N) is 1. The quantitative estimate of drug-likeness (QED) is 0.0321. The number of esters is 1. The van der Waals surface area contributed by atoms with Crippen LogP contribution in [0.25, 0.3) is 0 Å². The molecule has 0 bridgehead atoms. The number of ether oxygens (including phenoxy) is 1. The lowest BCUT2D eigenvalue weighted by Gasteiger charge is -2.22. The van der Waals surface area contributed by atoms with Gasteiger partial charge in [-0.25, -0.2) is 0 Å². The van der Waals surface area contributed by atoms with E-state index in [1.807, 2.05) is 0 Å². The second kappa shape index (κ2) is 52.2. The molecule has 0 aliphatic carbocycles. The van der Waals surface area contributed by atoms with Crippen LogP contribution in [-0.4, -0.2) is 47.4 Å². The zero-order valence-corrected chi connectivity index (χ0v) is 41.9. The minimum absolute atomic E-state index is 0.00234. The van der Waals surface area contributed by atoms with Crippen molar-refractivity contribution in [2.75, 3.05) is 13.2 Å². The van der Waals surface area contributed by atoms with Crippen LogP contribution in [-0.2, 0) is 14.3 Å². The van der Waals surface area contributed by atoms with E-state index in [9.17, 15) is 19.8 Å². The molecule has 0 radical (unpaired) electrons. The fourth-order valence-electron chi connectivity index (χ4n) is 8.75. The van der Waals surface area contributed by atoms with Gasteiger partial charge in [-0.15, -0.1) is 0 Å². The van der Waals surface area contributed by atoms with E-state index in [2.05, 4.69) is 31.3 Å². The maximum Gasteiger partial charge on any atom is 0.305 e. The highest BCUT2D eigenvalue weighted by Gasteiger charge is 2.20. The summed E-state index contributed by atoms with van der Waals surface area (Å²) >= 11 is 0. The summed E-state index contributed by atoms with van der Waals surface area (Å²) in [6.45, 7) is 4.94. The highest BCUT2D eigenvalue weighted by Crippen LogP contribution is 2.17. The van der Waals surface area contributed by atoms with Crippen molar-refractivity contribution in [2.45, 2.75) is 321 Å². The number of allylic oxidation sites excluding steroid dienone is 2. The van der Waals surface area contributed by atoms with Crippen LogP contribution < -0.4 is 5.32 Å². The van der Waals surface area contributed by atoms with Gasteiger partial charge in [0.1, 0.15) is 0 Å². The van der Waals surface area contributed by atoms with Crippen molar-refractivity contribution < 1.29 is 24.5 Å². The smallest absolute Gasteiger partial charge is 0.305 e. The Hall–Kier alpha value is -1.40. The van der Waals surface area contributed by atoms with Gasteiger partial charge in [0.15, 0.2) is 0 Å². The van der Waals surface area contributed by atoms with E-state index in [0.29, 0.717) is 25.9 Å². The maximum absolute atomic E-state index is 12.4. The Morgan fingerprint density at radius 1 is 0.435 bits per heavy atom. The molecule has 2 unspecified atom stereocenters. The molecule has 2 atom stereocenters. The third-order valence-electron chi connectivity index (χ3n) is 13.1. The topological polar surface area (TPSA) is 95.9 Å². The van der Waals surface area contributed by atoms with Gasteiger partial charge in [-0.05, 0) is 51.4 Å². The summed E-state index contributed by atoms with van der Waals surface area (Å²) < 4.78 is 5.48. The molecule has 0 rings (SSSR count). The van der Waals surface area contributed by atoms with E-state index in [1.54, 1.807) is 0 Å². The molecule has 6 nitrogen and oxygen atoms in total. The third kappa shape index (κ3) is 48.1. The summed E-state index contributed by atoms with van der Waals surface area (Å²) in [6, 6.07) is -0.548. The molecule has 0 aliphatic heterocycles. The average molecular weight is 876 g/mol. The van der Waals surface area contributed by atoms with Gasteiger partial charge in [-0.2, -0.15) is 0 Å². The van der Waals surface area contributed by atoms with Gasteiger partial charge in [-0.1, -0.05) is 257 Å². The zero-order chi connectivity index (χ0) is 45.1. The van der Waals surface area contributed by atoms with Gasteiger partial charge in [-0.3, -0.25) is 9.59 Å². The van der Waals surface area contributed by atoms with Crippen LogP contribution in [0, 0.1) is 0 Å². The van der Waals surface area contributed by atoms with Crippen LogP contribution in [0.3, 0.4) is 0 Å². The van der Waals surface area contributed by atoms with Crippen molar-refractivity contribution in [2.24, 2.45) is 0 Å². The number of aliphatic hydroxyl groups excluding tert-OH is 2. The van der Waals surface area contributed by atoms with Gasteiger partial charge in [0, 0.05) is 12.8 Å².